The van der Waals surface area contributed by atoms with Gasteiger partial charge >= 0.3 is 5.69 Å². The zero-order valence-corrected chi connectivity index (χ0v) is 16.0. The molecule has 0 fully saturated rings. The summed E-state index contributed by atoms with van der Waals surface area (Å²) in [6.07, 6.45) is 3.00. The van der Waals surface area contributed by atoms with Crippen molar-refractivity contribution in [2.75, 3.05) is 5.32 Å². The fourth-order valence-electron chi connectivity index (χ4n) is 2.97. The van der Waals surface area contributed by atoms with Gasteiger partial charge < -0.3 is 9.88 Å². The maximum atomic E-state index is 12.5. The Morgan fingerprint density at radius 3 is 2.79 bits per heavy atom. The molecule has 0 atom stereocenters. The summed E-state index contributed by atoms with van der Waals surface area (Å²) < 4.78 is 5.40. The van der Waals surface area contributed by atoms with Crippen molar-refractivity contribution in [2.45, 2.75) is 13.1 Å². The fraction of sp³-hybridized carbons (Fsp3) is 0.235. The normalized spacial score (nSPS) is 11.2. The fourth-order valence-corrected chi connectivity index (χ4v) is 3.65. The maximum Gasteiger partial charge on any atom is 0.332 e. The summed E-state index contributed by atoms with van der Waals surface area (Å²) in [5.74, 6) is 0.228. The Labute approximate surface area is 162 Å². The predicted octanol–water partition coefficient (Wildman–Crippen LogP) is 0.379. The van der Waals surface area contributed by atoms with Crippen LogP contribution in [0.1, 0.15) is 4.88 Å². The van der Waals surface area contributed by atoms with Gasteiger partial charge in [0, 0.05) is 25.0 Å². The van der Waals surface area contributed by atoms with Crippen LogP contribution in [0, 0.1) is 0 Å². The Balaban J connectivity index is 1.58. The van der Waals surface area contributed by atoms with E-state index in [2.05, 4.69) is 15.4 Å². The van der Waals surface area contributed by atoms with Crippen molar-refractivity contribution < 1.29 is 4.79 Å². The molecule has 0 aliphatic carbocycles. The number of carbonyl (C=O) groups is 1. The highest BCUT2D eigenvalue weighted by Crippen LogP contribution is 2.14. The van der Waals surface area contributed by atoms with E-state index >= 15 is 0 Å². The number of carbonyl (C=O) groups excluding carboxylic acids is 1. The summed E-state index contributed by atoms with van der Waals surface area (Å²) in [6, 6.07) is 5.66. The van der Waals surface area contributed by atoms with Gasteiger partial charge in [-0.25, -0.2) is 14.5 Å². The number of nitrogens with one attached hydrogen (secondary N) is 1. The zero-order chi connectivity index (χ0) is 19.8. The molecule has 0 unspecified atom stereocenters. The minimum atomic E-state index is -0.494. The topological polar surface area (TPSA) is 109 Å². The summed E-state index contributed by atoms with van der Waals surface area (Å²) >= 11 is 1.61. The zero-order valence-electron chi connectivity index (χ0n) is 15.2. The lowest BCUT2D eigenvalue weighted by molar-refractivity contribution is -0.116. The van der Waals surface area contributed by atoms with Gasteiger partial charge in [0.1, 0.15) is 12.4 Å². The van der Waals surface area contributed by atoms with E-state index in [4.69, 9.17) is 0 Å². The smallest absolute Gasteiger partial charge is 0.315 e. The number of fused-ring (bicyclic) bond motifs is 1. The van der Waals surface area contributed by atoms with Crippen molar-refractivity contribution >= 4 is 34.2 Å². The van der Waals surface area contributed by atoms with Gasteiger partial charge in [0.25, 0.3) is 5.56 Å². The number of aryl methyl sites for hydroxylation is 1. The molecule has 0 aliphatic heterocycles. The molecular weight excluding hydrogens is 382 g/mol. The maximum absolute atomic E-state index is 12.5. The van der Waals surface area contributed by atoms with Crippen LogP contribution in [0.2, 0.25) is 0 Å². The number of rotatable bonds is 5. The van der Waals surface area contributed by atoms with E-state index in [0.717, 1.165) is 9.44 Å². The molecule has 10 nitrogen and oxygen atoms in total. The Hall–Kier alpha value is -3.47. The molecule has 0 spiro atoms. The third-order valence-electron chi connectivity index (χ3n) is 4.40. The van der Waals surface area contributed by atoms with Crippen LogP contribution in [0.5, 0.6) is 0 Å². The van der Waals surface area contributed by atoms with Crippen LogP contribution in [0.4, 0.5) is 5.82 Å². The van der Waals surface area contributed by atoms with E-state index in [1.54, 1.807) is 28.3 Å². The lowest BCUT2D eigenvalue weighted by atomic mass is 10.4. The van der Waals surface area contributed by atoms with Gasteiger partial charge in [0.2, 0.25) is 5.91 Å². The molecule has 0 saturated heterocycles. The van der Waals surface area contributed by atoms with E-state index in [0.29, 0.717) is 12.4 Å². The number of imidazole rings is 1. The minimum absolute atomic E-state index is 0.117. The first-order valence-corrected chi connectivity index (χ1v) is 9.28. The molecule has 4 heterocycles. The number of anilines is 1. The average Bonchev–Trinajstić information content (AvgIpc) is 3.41. The minimum Gasteiger partial charge on any atom is -0.315 e. The van der Waals surface area contributed by atoms with Gasteiger partial charge in [-0.15, -0.1) is 11.3 Å². The molecule has 0 aliphatic rings. The summed E-state index contributed by atoms with van der Waals surface area (Å²) in [6.45, 7) is 0.436. The molecule has 4 aromatic heterocycles. The number of thiophene rings is 1. The van der Waals surface area contributed by atoms with Crippen molar-refractivity contribution in [1.29, 1.82) is 0 Å². The van der Waals surface area contributed by atoms with Crippen molar-refractivity contribution in [2.24, 2.45) is 14.1 Å². The molecule has 4 aromatic rings. The molecule has 0 saturated carbocycles. The van der Waals surface area contributed by atoms with E-state index in [1.165, 1.54) is 29.6 Å². The van der Waals surface area contributed by atoms with Crippen molar-refractivity contribution in [3.63, 3.8) is 0 Å². The molecule has 0 radical (unpaired) electrons. The van der Waals surface area contributed by atoms with E-state index in [-0.39, 0.29) is 23.6 Å². The largest absolute Gasteiger partial charge is 0.332 e. The summed E-state index contributed by atoms with van der Waals surface area (Å²) in [4.78, 5) is 42.2. The first-order valence-electron chi connectivity index (χ1n) is 8.40. The average molecular weight is 399 g/mol. The van der Waals surface area contributed by atoms with Crippen LogP contribution in [0.3, 0.4) is 0 Å². The van der Waals surface area contributed by atoms with Gasteiger partial charge in [-0.1, -0.05) is 6.07 Å². The van der Waals surface area contributed by atoms with Crippen LogP contribution in [0.15, 0.2) is 45.7 Å². The lowest BCUT2D eigenvalue weighted by Crippen LogP contribution is -2.37. The third-order valence-corrected chi connectivity index (χ3v) is 5.26. The SMILES string of the molecule is Cn1c(=O)c2c(ncn2CC(=O)Nc2ccnn2Cc2cccs2)n(C)c1=O. The summed E-state index contributed by atoms with van der Waals surface area (Å²) in [7, 11) is 2.93. The Kier molecular flexibility index (Phi) is 4.43. The van der Waals surface area contributed by atoms with E-state index in [9.17, 15) is 14.4 Å². The molecule has 0 bridgehead atoms. The van der Waals surface area contributed by atoms with Gasteiger partial charge in [-0.2, -0.15) is 5.10 Å². The Bertz CT molecular complexity index is 1280. The van der Waals surface area contributed by atoms with E-state index in [1.807, 2.05) is 17.5 Å². The summed E-state index contributed by atoms with van der Waals surface area (Å²) in [5.41, 5.74) is -0.522. The molecule has 144 valence electrons. The van der Waals surface area contributed by atoms with Crippen LogP contribution < -0.4 is 16.6 Å². The van der Waals surface area contributed by atoms with Crippen molar-refractivity contribution in [3.8, 4) is 0 Å². The molecule has 1 N–H and O–H groups in total. The van der Waals surface area contributed by atoms with Gasteiger partial charge in [-0.05, 0) is 11.4 Å². The molecule has 1 amide bonds. The van der Waals surface area contributed by atoms with Gasteiger partial charge in [0.15, 0.2) is 11.2 Å². The third kappa shape index (κ3) is 3.05. The predicted molar refractivity (Wildman–Crippen MR) is 104 cm³/mol. The van der Waals surface area contributed by atoms with Crippen molar-refractivity contribution in [3.05, 3.63) is 61.8 Å². The molecule has 28 heavy (non-hydrogen) atoms. The highest BCUT2D eigenvalue weighted by atomic mass is 32.1. The first-order chi connectivity index (χ1) is 13.5. The number of amides is 1. The number of hydrogen-bond acceptors (Lipinski definition) is 6. The lowest BCUT2D eigenvalue weighted by Gasteiger charge is -2.09. The second-order valence-electron chi connectivity index (χ2n) is 6.25. The summed E-state index contributed by atoms with van der Waals surface area (Å²) in [5, 5.41) is 9.02. The van der Waals surface area contributed by atoms with Crippen molar-refractivity contribution in [1.82, 2.24) is 28.5 Å². The van der Waals surface area contributed by atoms with Gasteiger partial charge in [0.05, 0.1) is 19.1 Å². The van der Waals surface area contributed by atoms with E-state index < -0.39 is 11.2 Å². The second-order valence-corrected chi connectivity index (χ2v) is 7.28. The molecule has 0 aromatic carbocycles. The number of nitrogens with zero attached hydrogens (tertiary/aromatic N) is 6. The molecule has 4 rings (SSSR count). The Morgan fingerprint density at radius 2 is 2.04 bits per heavy atom. The van der Waals surface area contributed by atoms with Crippen LogP contribution in [0.25, 0.3) is 11.2 Å². The highest BCUT2D eigenvalue weighted by Gasteiger charge is 2.16. The highest BCUT2D eigenvalue weighted by molar-refractivity contribution is 7.09. The molecular formula is C17H17N7O3S. The first kappa shape index (κ1) is 17.9. The second kappa shape index (κ2) is 6.93. The standard InChI is InChI=1S/C17H17N7O3S/c1-21-15-14(16(26)22(2)17(21)27)23(10-18-15)9-13(25)20-12-5-6-19-24(12)8-11-4-3-7-28-11/h3-7,10H,8-9H2,1-2H3,(H,20,25). The Morgan fingerprint density at radius 1 is 1.21 bits per heavy atom. The monoisotopic (exact) mass is 399 g/mol. The van der Waals surface area contributed by atoms with Gasteiger partial charge in [-0.3, -0.25) is 18.7 Å². The number of hydrogen-bond donors (Lipinski definition) is 1. The van der Waals surface area contributed by atoms with Crippen LogP contribution >= 0.6 is 11.3 Å². The van der Waals surface area contributed by atoms with Crippen LogP contribution in [-0.2, 0) is 32.0 Å². The number of aromatic nitrogens is 6. The quantitative estimate of drug-likeness (QED) is 0.522. The van der Waals surface area contributed by atoms with Crippen LogP contribution in [-0.4, -0.2) is 34.4 Å². The molecule has 11 heteroatoms.